The molecule has 0 heterocycles. The summed E-state index contributed by atoms with van der Waals surface area (Å²) in [4.78, 5) is 0. The fourth-order valence-electron chi connectivity index (χ4n) is 0.875. The second-order valence-corrected chi connectivity index (χ2v) is 2.85. The van der Waals surface area contributed by atoms with Crippen LogP contribution in [0, 0.1) is 0 Å². The summed E-state index contributed by atoms with van der Waals surface area (Å²) < 4.78 is 0. The number of hydrogen-bond donors (Lipinski definition) is 0. The van der Waals surface area contributed by atoms with E-state index >= 15 is 0 Å². The van der Waals surface area contributed by atoms with Crippen molar-refractivity contribution in [3.63, 3.8) is 0 Å². The van der Waals surface area contributed by atoms with Gasteiger partial charge in [0.2, 0.25) is 0 Å². The first kappa shape index (κ1) is 8.62. The number of allylic oxidation sites excluding steroid dienone is 5. The molecule has 0 spiro atoms. The Labute approximate surface area is 73.6 Å². The molecule has 0 radical (unpaired) electrons. The number of rotatable bonds is 1. The maximum atomic E-state index is 3.86. The Kier molecular flexibility index (Phi) is 2.71. The van der Waals surface area contributed by atoms with E-state index < -0.39 is 0 Å². The van der Waals surface area contributed by atoms with Crippen LogP contribution in [-0.4, -0.2) is 0 Å². The fourth-order valence-corrected chi connectivity index (χ4v) is 0.875. The van der Waals surface area contributed by atoms with Gasteiger partial charge in [0.05, 0.1) is 0 Å². The molecule has 0 heteroatoms. The Hall–Kier alpha value is -1.48. The molecule has 12 heavy (non-hydrogen) atoms. The van der Waals surface area contributed by atoms with Gasteiger partial charge in [-0.3, -0.25) is 0 Å². The van der Waals surface area contributed by atoms with E-state index in [1.54, 1.807) is 0 Å². The van der Waals surface area contributed by atoms with Gasteiger partial charge in [-0.25, -0.2) is 0 Å². The van der Waals surface area contributed by atoms with Gasteiger partial charge in [-0.1, -0.05) is 12.2 Å². The van der Waals surface area contributed by atoms with Crippen LogP contribution in [0.15, 0.2) is 59.1 Å². The zero-order chi connectivity index (χ0) is 8.97. The van der Waals surface area contributed by atoms with Crippen molar-refractivity contribution in [2.75, 3.05) is 0 Å². The van der Waals surface area contributed by atoms with E-state index in [-0.39, 0.29) is 0 Å². The van der Waals surface area contributed by atoms with Gasteiger partial charge in [-0.15, -0.1) is 11.5 Å². The van der Waals surface area contributed by atoms with Gasteiger partial charge in [0.1, 0.15) is 0 Å². The van der Waals surface area contributed by atoms with Crippen LogP contribution >= 0.6 is 0 Å². The van der Waals surface area contributed by atoms with Crippen LogP contribution < -0.4 is 0 Å². The average Bonchev–Trinajstić information content (AvgIpc) is 1.95. The van der Waals surface area contributed by atoms with Gasteiger partial charge in [-0.05, 0) is 49.3 Å². The third-order valence-electron chi connectivity index (χ3n) is 1.61. The van der Waals surface area contributed by atoms with Crippen LogP contribution in [-0.2, 0) is 0 Å². The zero-order valence-corrected chi connectivity index (χ0v) is 7.52. The van der Waals surface area contributed by atoms with E-state index in [0.29, 0.717) is 0 Å². The summed E-state index contributed by atoms with van der Waals surface area (Å²) in [5.74, 6) is 0. The van der Waals surface area contributed by atoms with Gasteiger partial charge in [0.25, 0.3) is 0 Å². The molecule has 0 amide bonds. The van der Waals surface area contributed by atoms with Gasteiger partial charge in [0.15, 0.2) is 0 Å². The highest BCUT2D eigenvalue weighted by Crippen LogP contribution is 2.09. The summed E-state index contributed by atoms with van der Waals surface area (Å²) in [6.07, 6.45) is 7.74. The Morgan fingerprint density at radius 2 is 2.17 bits per heavy atom. The van der Waals surface area contributed by atoms with Gasteiger partial charge in [0, 0.05) is 0 Å². The van der Waals surface area contributed by atoms with E-state index in [1.807, 2.05) is 38.2 Å². The normalized spacial score (nSPS) is 14.8. The molecule has 1 aliphatic rings. The van der Waals surface area contributed by atoms with Crippen molar-refractivity contribution in [1.82, 2.24) is 0 Å². The lowest BCUT2D eigenvalue weighted by Gasteiger charge is -1.96. The first-order chi connectivity index (χ1) is 5.70. The SMILES string of the molecule is C=C(C)C1=CC=C=C(C)C=C=C1. The van der Waals surface area contributed by atoms with Crippen molar-refractivity contribution in [2.24, 2.45) is 0 Å². The minimum atomic E-state index is 1.05. The molecule has 0 N–H and O–H groups in total. The van der Waals surface area contributed by atoms with Crippen LogP contribution in [0.3, 0.4) is 0 Å². The molecule has 0 unspecified atom stereocenters. The second kappa shape index (κ2) is 3.78. The van der Waals surface area contributed by atoms with Crippen molar-refractivity contribution in [3.8, 4) is 0 Å². The predicted octanol–water partition coefficient (Wildman–Crippen LogP) is 3.32. The molecule has 0 aliphatic heterocycles. The summed E-state index contributed by atoms with van der Waals surface area (Å²) in [6.45, 7) is 7.84. The van der Waals surface area contributed by atoms with Crippen LogP contribution in [0.25, 0.3) is 0 Å². The van der Waals surface area contributed by atoms with Crippen molar-refractivity contribution >= 4 is 0 Å². The Morgan fingerprint density at radius 1 is 1.42 bits per heavy atom. The monoisotopic (exact) mass is 156 g/mol. The molecule has 1 rings (SSSR count). The van der Waals surface area contributed by atoms with Crippen molar-refractivity contribution < 1.29 is 0 Å². The third-order valence-corrected chi connectivity index (χ3v) is 1.61. The molecule has 0 saturated carbocycles. The molecule has 0 bridgehead atoms. The maximum absolute atomic E-state index is 3.86. The highest BCUT2D eigenvalue weighted by molar-refractivity contribution is 5.40. The largest absolute Gasteiger partial charge is 0.119 e. The van der Waals surface area contributed by atoms with Crippen LogP contribution in [0.2, 0.25) is 0 Å². The Balaban J connectivity index is 3.13. The summed E-state index contributed by atoms with van der Waals surface area (Å²) in [5, 5.41) is 0. The van der Waals surface area contributed by atoms with Crippen molar-refractivity contribution in [2.45, 2.75) is 13.8 Å². The first-order valence-electron chi connectivity index (χ1n) is 3.92. The standard InChI is InChI=1S/C12H12/c1-10(2)12-8-4-6-11(3)7-5-9-12/h4,7-9H,1H2,2-3H3. The quantitative estimate of drug-likeness (QED) is 0.511. The maximum Gasteiger partial charge on any atom is -0.00144 e. The van der Waals surface area contributed by atoms with Crippen LogP contribution in [0.5, 0.6) is 0 Å². The molecule has 60 valence electrons. The third kappa shape index (κ3) is 2.29. The molecule has 0 aromatic heterocycles. The fraction of sp³-hybridized carbons (Fsp3) is 0.167. The lowest BCUT2D eigenvalue weighted by Crippen LogP contribution is -1.77. The van der Waals surface area contributed by atoms with Gasteiger partial charge in [-0.2, -0.15) is 0 Å². The Morgan fingerprint density at radius 3 is 2.83 bits per heavy atom. The van der Waals surface area contributed by atoms with E-state index in [2.05, 4.69) is 18.0 Å². The molecule has 0 nitrogen and oxygen atoms in total. The molecule has 0 aromatic carbocycles. The lowest BCUT2D eigenvalue weighted by molar-refractivity contribution is 1.44. The van der Waals surface area contributed by atoms with E-state index in [4.69, 9.17) is 0 Å². The lowest BCUT2D eigenvalue weighted by atomic mass is 10.1. The van der Waals surface area contributed by atoms with Crippen LogP contribution in [0.4, 0.5) is 0 Å². The molecular formula is C12H12. The molecule has 0 fully saturated rings. The molecule has 0 atom stereocenters. The van der Waals surface area contributed by atoms with E-state index in [9.17, 15) is 0 Å². The van der Waals surface area contributed by atoms with Crippen molar-refractivity contribution in [3.05, 3.63) is 59.1 Å². The summed E-state index contributed by atoms with van der Waals surface area (Å²) in [6, 6.07) is 0. The molecule has 0 aromatic rings. The second-order valence-electron chi connectivity index (χ2n) is 2.85. The summed E-state index contributed by atoms with van der Waals surface area (Å²) in [5.41, 5.74) is 9.41. The zero-order valence-electron chi connectivity index (χ0n) is 7.52. The van der Waals surface area contributed by atoms with E-state index in [0.717, 1.165) is 16.7 Å². The number of hydrogen-bond acceptors (Lipinski definition) is 0. The summed E-state index contributed by atoms with van der Waals surface area (Å²) >= 11 is 0. The summed E-state index contributed by atoms with van der Waals surface area (Å²) in [7, 11) is 0. The topological polar surface area (TPSA) is 0 Å². The smallest absolute Gasteiger partial charge is 0.00144 e. The highest BCUT2D eigenvalue weighted by atomic mass is 13.9. The minimum absolute atomic E-state index is 1.05. The predicted molar refractivity (Wildman–Crippen MR) is 52.8 cm³/mol. The van der Waals surface area contributed by atoms with Gasteiger partial charge < -0.3 is 0 Å². The van der Waals surface area contributed by atoms with Crippen LogP contribution in [0.1, 0.15) is 13.8 Å². The average molecular weight is 156 g/mol. The van der Waals surface area contributed by atoms with E-state index in [1.165, 1.54) is 0 Å². The first-order valence-corrected chi connectivity index (χ1v) is 3.92. The highest BCUT2D eigenvalue weighted by Gasteiger charge is 1.90. The van der Waals surface area contributed by atoms with Gasteiger partial charge >= 0.3 is 0 Å². The minimum Gasteiger partial charge on any atom is -0.119 e. The Bertz CT molecular complexity index is 349. The van der Waals surface area contributed by atoms with Crippen molar-refractivity contribution in [1.29, 1.82) is 0 Å². The molecule has 1 aliphatic carbocycles. The molecular weight excluding hydrogens is 144 g/mol. The molecule has 0 saturated heterocycles.